The standard InChI is InChI=1S/C30H34O11/c1-6-35-24-11-8-21(9-12-24)13-22-7-10-23-15-37-30(25(23)14-22)29(40-20(5)34)28(39-19(4)33)27(38-18(3)32)26(41-30)16-36-17(2)31/h7-12,14,26-29H,6,13,15-16H2,1-5H3/t26-,27-,28+,29-,30+/m1/s1. The molecule has 5 atom stereocenters. The van der Waals surface area contributed by atoms with Crippen molar-refractivity contribution in [2.75, 3.05) is 13.2 Å². The van der Waals surface area contributed by atoms with Gasteiger partial charge in [0.25, 0.3) is 0 Å². The van der Waals surface area contributed by atoms with Crippen LogP contribution in [0.1, 0.15) is 56.9 Å². The summed E-state index contributed by atoms with van der Waals surface area (Å²) < 4.78 is 40.2. The fourth-order valence-corrected chi connectivity index (χ4v) is 5.15. The minimum atomic E-state index is -1.75. The van der Waals surface area contributed by atoms with Gasteiger partial charge < -0.3 is 33.2 Å². The van der Waals surface area contributed by atoms with E-state index in [4.69, 9.17) is 33.2 Å². The van der Waals surface area contributed by atoms with Gasteiger partial charge in [0.05, 0.1) is 13.2 Å². The van der Waals surface area contributed by atoms with E-state index >= 15 is 0 Å². The van der Waals surface area contributed by atoms with Crippen molar-refractivity contribution in [2.24, 2.45) is 0 Å². The van der Waals surface area contributed by atoms with Crippen molar-refractivity contribution in [1.29, 1.82) is 0 Å². The van der Waals surface area contributed by atoms with Gasteiger partial charge in [-0.05, 0) is 48.2 Å². The van der Waals surface area contributed by atoms with Crippen LogP contribution in [0.5, 0.6) is 5.75 Å². The largest absolute Gasteiger partial charge is 0.494 e. The summed E-state index contributed by atoms with van der Waals surface area (Å²) in [6, 6.07) is 13.5. The molecule has 2 heterocycles. The summed E-state index contributed by atoms with van der Waals surface area (Å²) in [6.45, 7) is 7.02. The summed E-state index contributed by atoms with van der Waals surface area (Å²) in [5, 5.41) is 0. The molecule has 220 valence electrons. The van der Waals surface area contributed by atoms with E-state index < -0.39 is 54.1 Å². The number of hydrogen-bond donors (Lipinski definition) is 0. The molecule has 0 saturated carbocycles. The number of fused-ring (bicyclic) bond motifs is 2. The summed E-state index contributed by atoms with van der Waals surface area (Å²) in [6.07, 6.45) is -4.53. The molecular weight excluding hydrogens is 536 g/mol. The van der Waals surface area contributed by atoms with Gasteiger partial charge in [0.1, 0.15) is 18.5 Å². The van der Waals surface area contributed by atoms with Crippen LogP contribution in [-0.4, -0.2) is 61.5 Å². The van der Waals surface area contributed by atoms with Gasteiger partial charge in [-0.1, -0.05) is 24.3 Å². The fraction of sp³-hybridized carbons (Fsp3) is 0.467. The first kappa shape index (κ1) is 30.0. The molecule has 0 N–H and O–H groups in total. The van der Waals surface area contributed by atoms with Crippen molar-refractivity contribution in [3.63, 3.8) is 0 Å². The maximum atomic E-state index is 12.3. The monoisotopic (exact) mass is 570 g/mol. The fourth-order valence-electron chi connectivity index (χ4n) is 5.15. The van der Waals surface area contributed by atoms with Crippen molar-refractivity contribution in [3.05, 3.63) is 64.7 Å². The Labute approximate surface area is 237 Å². The van der Waals surface area contributed by atoms with E-state index in [-0.39, 0.29) is 13.2 Å². The Kier molecular flexibility index (Phi) is 9.29. The molecule has 4 rings (SSSR count). The van der Waals surface area contributed by atoms with Crippen LogP contribution in [-0.2, 0) is 66.4 Å². The zero-order valence-electron chi connectivity index (χ0n) is 23.7. The third-order valence-electron chi connectivity index (χ3n) is 6.67. The second kappa shape index (κ2) is 12.7. The van der Waals surface area contributed by atoms with Crippen LogP contribution < -0.4 is 4.74 Å². The summed E-state index contributed by atoms with van der Waals surface area (Å²) in [5.41, 5.74) is 3.25. The van der Waals surface area contributed by atoms with Crippen LogP contribution in [0.2, 0.25) is 0 Å². The lowest BCUT2D eigenvalue weighted by Gasteiger charge is -2.49. The number of ether oxygens (including phenoxy) is 7. The molecule has 0 aromatic heterocycles. The molecule has 1 spiro atoms. The number of carbonyl (C=O) groups is 4. The number of hydrogen-bond acceptors (Lipinski definition) is 11. The van der Waals surface area contributed by atoms with E-state index in [0.29, 0.717) is 18.6 Å². The predicted molar refractivity (Wildman–Crippen MR) is 141 cm³/mol. The lowest BCUT2D eigenvalue weighted by Crippen LogP contribution is -2.66. The molecular formula is C30H34O11. The highest BCUT2D eigenvalue weighted by Gasteiger charge is 2.64. The molecule has 2 aromatic rings. The molecule has 1 saturated heterocycles. The van der Waals surface area contributed by atoms with Crippen LogP contribution in [0, 0.1) is 0 Å². The van der Waals surface area contributed by atoms with Crippen LogP contribution in [0.4, 0.5) is 0 Å². The Morgan fingerprint density at radius 2 is 1.46 bits per heavy atom. The molecule has 0 radical (unpaired) electrons. The van der Waals surface area contributed by atoms with Gasteiger partial charge in [-0.3, -0.25) is 19.2 Å². The van der Waals surface area contributed by atoms with Crippen LogP contribution in [0.3, 0.4) is 0 Å². The molecule has 2 aromatic carbocycles. The van der Waals surface area contributed by atoms with Gasteiger partial charge >= 0.3 is 23.9 Å². The molecule has 41 heavy (non-hydrogen) atoms. The van der Waals surface area contributed by atoms with E-state index in [2.05, 4.69) is 0 Å². The average Bonchev–Trinajstić information content (AvgIpc) is 3.25. The smallest absolute Gasteiger partial charge is 0.303 e. The van der Waals surface area contributed by atoms with Gasteiger partial charge in [0.2, 0.25) is 11.9 Å². The van der Waals surface area contributed by atoms with E-state index in [9.17, 15) is 19.2 Å². The maximum absolute atomic E-state index is 12.3. The van der Waals surface area contributed by atoms with Gasteiger partial charge in [-0.2, -0.15) is 0 Å². The molecule has 0 amide bonds. The third kappa shape index (κ3) is 6.86. The van der Waals surface area contributed by atoms with Crippen molar-refractivity contribution < 1.29 is 52.3 Å². The zero-order valence-corrected chi connectivity index (χ0v) is 23.7. The Morgan fingerprint density at radius 1 is 0.829 bits per heavy atom. The van der Waals surface area contributed by atoms with Crippen LogP contribution in [0.15, 0.2) is 42.5 Å². The molecule has 2 aliphatic heterocycles. The summed E-state index contributed by atoms with van der Waals surface area (Å²) in [7, 11) is 0. The first-order valence-electron chi connectivity index (χ1n) is 13.3. The maximum Gasteiger partial charge on any atom is 0.303 e. The number of carbonyl (C=O) groups excluding carboxylic acids is 4. The third-order valence-corrected chi connectivity index (χ3v) is 6.67. The summed E-state index contributed by atoms with van der Waals surface area (Å²) in [4.78, 5) is 48.3. The average molecular weight is 571 g/mol. The first-order valence-corrected chi connectivity index (χ1v) is 13.3. The highest BCUT2D eigenvalue weighted by molar-refractivity contribution is 5.69. The Bertz CT molecular complexity index is 1290. The highest BCUT2D eigenvalue weighted by atomic mass is 16.8. The summed E-state index contributed by atoms with van der Waals surface area (Å²) >= 11 is 0. The minimum Gasteiger partial charge on any atom is -0.494 e. The van der Waals surface area contributed by atoms with Gasteiger partial charge in [-0.25, -0.2) is 0 Å². The Hall–Kier alpha value is -3.96. The Balaban J connectivity index is 1.78. The van der Waals surface area contributed by atoms with Crippen molar-refractivity contribution in [2.45, 2.75) is 77.8 Å². The zero-order chi connectivity index (χ0) is 29.7. The SMILES string of the molecule is CCOc1ccc(Cc2ccc3c(c2)[C@]2(OC3)O[C@H](COC(C)=O)[C@@H](OC(C)=O)[C@H](OC(C)=O)[C@H]2OC(C)=O)cc1. The highest BCUT2D eigenvalue weighted by Crippen LogP contribution is 2.49. The van der Waals surface area contributed by atoms with Crippen LogP contribution >= 0.6 is 0 Å². The van der Waals surface area contributed by atoms with E-state index in [1.54, 1.807) is 0 Å². The molecule has 11 heteroatoms. The second-order valence-electron chi connectivity index (χ2n) is 9.84. The lowest BCUT2D eigenvalue weighted by atomic mass is 9.85. The van der Waals surface area contributed by atoms with Gasteiger partial charge in [0, 0.05) is 33.3 Å². The topological polar surface area (TPSA) is 133 Å². The summed E-state index contributed by atoms with van der Waals surface area (Å²) in [5.74, 6) is -3.69. The van der Waals surface area contributed by atoms with Crippen molar-refractivity contribution in [1.82, 2.24) is 0 Å². The molecule has 11 nitrogen and oxygen atoms in total. The normalized spacial score (nSPS) is 24.7. The van der Waals surface area contributed by atoms with Crippen molar-refractivity contribution >= 4 is 23.9 Å². The second-order valence-corrected chi connectivity index (χ2v) is 9.84. The van der Waals surface area contributed by atoms with Crippen molar-refractivity contribution in [3.8, 4) is 5.75 Å². The molecule has 0 unspecified atom stereocenters. The molecule has 0 bridgehead atoms. The van der Waals surface area contributed by atoms with Gasteiger partial charge in [-0.15, -0.1) is 0 Å². The number of benzene rings is 2. The van der Waals surface area contributed by atoms with E-state index in [0.717, 1.165) is 22.4 Å². The molecule has 2 aliphatic rings. The number of esters is 4. The minimum absolute atomic E-state index is 0.0989. The van der Waals surface area contributed by atoms with Crippen LogP contribution in [0.25, 0.3) is 0 Å². The van der Waals surface area contributed by atoms with Gasteiger partial charge in [0.15, 0.2) is 12.2 Å². The van der Waals surface area contributed by atoms with E-state index in [1.165, 1.54) is 27.7 Å². The number of rotatable bonds is 9. The first-order chi connectivity index (χ1) is 19.5. The lowest BCUT2D eigenvalue weighted by molar-refractivity contribution is -0.370. The molecule has 1 fully saturated rings. The van der Waals surface area contributed by atoms with E-state index in [1.807, 2.05) is 49.4 Å². The predicted octanol–water partition coefficient (Wildman–Crippen LogP) is 3.12. The Morgan fingerprint density at radius 3 is 2.07 bits per heavy atom. The quantitative estimate of drug-likeness (QED) is 0.325. The molecule has 0 aliphatic carbocycles.